The molecule has 212 valence electrons. The van der Waals surface area contributed by atoms with Crippen LogP contribution < -0.4 is 0 Å². The highest BCUT2D eigenvalue weighted by molar-refractivity contribution is 5.87. The molecule has 6 nitrogen and oxygen atoms in total. The first-order valence-corrected chi connectivity index (χ1v) is 13.3. The Labute approximate surface area is 233 Å². The van der Waals surface area contributed by atoms with Gasteiger partial charge in [-0.1, -0.05) is 40.9 Å². The van der Waals surface area contributed by atoms with E-state index in [1.165, 1.54) is 0 Å². The monoisotopic (exact) mass is 536 g/mol. The molecule has 0 aromatic heterocycles. The molecule has 0 aliphatic rings. The van der Waals surface area contributed by atoms with Crippen molar-refractivity contribution in [3.05, 3.63) is 82.0 Å². The van der Waals surface area contributed by atoms with Crippen molar-refractivity contribution >= 4 is 11.9 Å². The molecule has 0 bridgehead atoms. The van der Waals surface area contributed by atoms with Gasteiger partial charge in [0.1, 0.15) is 24.7 Å². The number of phenolic OH excluding ortho intramolecular Hbond substituents is 2. The minimum absolute atomic E-state index is 0.0337. The van der Waals surface area contributed by atoms with Crippen LogP contribution in [0.5, 0.6) is 11.5 Å². The third-order valence-corrected chi connectivity index (χ3v) is 6.57. The number of rotatable bonds is 11. The Hall–Kier alpha value is -3.54. The number of ether oxygens (including phenoxy) is 2. The summed E-state index contributed by atoms with van der Waals surface area (Å²) in [5.74, 6) is -0.813. The number of aryl methyl sites for hydroxylation is 2. The SMILES string of the molecule is C=C(C)C(=O)OCc1cc(C)c(O)c(C(CC(C)CC(C)(C)C)c2cc(COC(=O)C(=C)C)cc(C)c2O)c1. The van der Waals surface area contributed by atoms with Gasteiger partial charge >= 0.3 is 11.9 Å². The largest absolute Gasteiger partial charge is 0.507 e. The van der Waals surface area contributed by atoms with Crippen LogP contribution in [0.4, 0.5) is 0 Å². The molecule has 6 heteroatoms. The Morgan fingerprint density at radius 2 is 1.21 bits per heavy atom. The molecule has 0 spiro atoms. The number of carbonyl (C=O) groups is 2. The van der Waals surface area contributed by atoms with Crippen LogP contribution in [0, 0.1) is 25.2 Å². The van der Waals surface area contributed by atoms with Gasteiger partial charge in [-0.05, 0) is 98.4 Å². The second-order valence-corrected chi connectivity index (χ2v) is 12.1. The average Bonchev–Trinajstić information content (AvgIpc) is 2.82. The van der Waals surface area contributed by atoms with E-state index in [4.69, 9.17) is 9.47 Å². The Kier molecular flexibility index (Phi) is 10.6. The van der Waals surface area contributed by atoms with E-state index in [0.717, 1.165) is 17.5 Å². The number of hydrogen-bond acceptors (Lipinski definition) is 6. The predicted molar refractivity (Wildman–Crippen MR) is 155 cm³/mol. The van der Waals surface area contributed by atoms with E-state index in [0.29, 0.717) is 39.8 Å². The maximum Gasteiger partial charge on any atom is 0.333 e. The highest BCUT2D eigenvalue weighted by Crippen LogP contribution is 2.44. The van der Waals surface area contributed by atoms with Crippen molar-refractivity contribution in [3.63, 3.8) is 0 Å². The van der Waals surface area contributed by atoms with Crippen LogP contribution in [0.1, 0.15) is 93.7 Å². The summed E-state index contributed by atoms with van der Waals surface area (Å²) in [5, 5.41) is 22.5. The van der Waals surface area contributed by atoms with Crippen molar-refractivity contribution in [2.24, 2.45) is 11.3 Å². The lowest BCUT2D eigenvalue weighted by molar-refractivity contribution is -0.141. The van der Waals surface area contributed by atoms with Gasteiger partial charge in [0.15, 0.2) is 0 Å². The number of phenols is 2. The van der Waals surface area contributed by atoms with Gasteiger partial charge in [0.05, 0.1) is 0 Å². The van der Waals surface area contributed by atoms with Gasteiger partial charge in [0, 0.05) is 28.2 Å². The minimum atomic E-state index is -0.483. The van der Waals surface area contributed by atoms with Crippen molar-refractivity contribution in [2.75, 3.05) is 0 Å². The Bertz CT molecular complexity index is 1160. The van der Waals surface area contributed by atoms with Crippen LogP contribution in [0.15, 0.2) is 48.6 Å². The molecule has 0 saturated heterocycles. The lowest BCUT2D eigenvalue weighted by atomic mass is 9.76. The van der Waals surface area contributed by atoms with E-state index in [1.54, 1.807) is 39.8 Å². The molecule has 0 aliphatic carbocycles. The molecule has 2 aromatic carbocycles. The lowest BCUT2D eigenvalue weighted by Crippen LogP contribution is -2.15. The molecule has 39 heavy (non-hydrogen) atoms. The molecule has 2 aromatic rings. The van der Waals surface area contributed by atoms with Gasteiger partial charge in [-0.25, -0.2) is 9.59 Å². The number of esters is 2. The van der Waals surface area contributed by atoms with Gasteiger partial charge in [-0.2, -0.15) is 0 Å². The summed E-state index contributed by atoms with van der Waals surface area (Å²) in [6.45, 7) is 22.9. The standard InChI is InChI=1S/C33H44O6/c1-19(2)31(36)38-17-24-12-22(6)29(34)27(14-24)26(11-21(5)16-33(8,9)10)28-15-25(13-23(7)30(28)35)18-39-32(37)20(3)4/h12-15,21,26,34-35H,1,3,11,16-18H2,2,4-10H3. The summed E-state index contributed by atoms with van der Waals surface area (Å²) >= 11 is 0. The average molecular weight is 537 g/mol. The maximum atomic E-state index is 12.0. The molecule has 2 N–H and O–H groups in total. The molecule has 0 heterocycles. The van der Waals surface area contributed by atoms with Gasteiger partial charge in [-0.3, -0.25) is 0 Å². The predicted octanol–water partition coefficient (Wildman–Crippen LogP) is 7.55. The van der Waals surface area contributed by atoms with Crippen LogP contribution in [0.3, 0.4) is 0 Å². The van der Waals surface area contributed by atoms with E-state index >= 15 is 0 Å². The second-order valence-electron chi connectivity index (χ2n) is 12.1. The molecular weight excluding hydrogens is 492 g/mol. The van der Waals surface area contributed by atoms with E-state index < -0.39 is 11.9 Å². The first-order valence-electron chi connectivity index (χ1n) is 13.3. The highest BCUT2D eigenvalue weighted by atomic mass is 16.5. The molecule has 0 aliphatic heterocycles. The Morgan fingerprint density at radius 1 is 0.821 bits per heavy atom. The first kappa shape index (κ1) is 31.7. The first-order chi connectivity index (χ1) is 18.0. The molecular formula is C33H44O6. The topological polar surface area (TPSA) is 93.1 Å². The lowest BCUT2D eigenvalue weighted by Gasteiger charge is -2.29. The molecule has 1 atom stereocenters. The molecule has 0 fully saturated rings. The fourth-order valence-electron chi connectivity index (χ4n) is 4.96. The van der Waals surface area contributed by atoms with Gasteiger partial charge in [0.25, 0.3) is 0 Å². The molecule has 1 unspecified atom stereocenters. The highest BCUT2D eigenvalue weighted by Gasteiger charge is 2.28. The van der Waals surface area contributed by atoms with Crippen molar-refractivity contribution < 1.29 is 29.3 Å². The van der Waals surface area contributed by atoms with E-state index in [2.05, 4.69) is 40.9 Å². The molecule has 2 rings (SSSR count). The van der Waals surface area contributed by atoms with Crippen LogP contribution >= 0.6 is 0 Å². The van der Waals surface area contributed by atoms with Gasteiger partial charge in [0.2, 0.25) is 0 Å². The molecule has 0 saturated carbocycles. The quantitative estimate of drug-likeness (QED) is 0.228. The number of carbonyl (C=O) groups excluding carboxylic acids is 2. The smallest absolute Gasteiger partial charge is 0.333 e. The van der Waals surface area contributed by atoms with E-state index in [9.17, 15) is 19.8 Å². The zero-order valence-electron chi connectivity index (χ0n) is 24.7. The van der Waals surface area contributed by atoms with Gasteiger partial charge < -0.3 is 19.7 Å². The molecule has 0 radical (unpaired) electrons. The van der Waals surface area contributed by atoms with Crippen molar-refractivity contribution in [1.29, 1.82) is 0 Å². The normalized spacial score (nSPS) is 12.2. The maximum absolute atomic E-state index is 12.0. The zero-order chi connectivity index (χ0) is 29.7. The van der Waals surface area contributed by atoms with Crippen LogP contribution in [-0.4, -0.2) is 22.2 Å². The van der Waals surface area contributed by atoms with Crippen LogP contribution in [0.25, 0.3) is 0 Å². The Morgan fingerprint density at radius 3 is 1.54 bits per heavy atom. The van der Waals surface area contributed by atoms with E-state index in [-0.39, 0.29) is 42.0 Å². The molecule has 0 amide bonds. The van der Waals surface area contributed by atoms with E-state index in [1.807, 2.05) is 12.1 Å². The third-order valence-electron chi connectivity index (χ3n) is 6.57. The fourth-order valence-corrected chi connectivity index (χ4v) is 4.96. The Balaban J connectivity index is 2.63. The second kappa shape index (κ2) is 13.0. The number of benzene rings is 2. The van der Waals surface area contributed by atoms with Crippen LogP contribution in [-0.2, 0) is 32.3 Å². The number of hydrogen-bond donors (Lipinski definition) is 2. The zero-order valence-corrected chi connectivity index (χ0v) is 24.7. The summed E-state index contributed by atoms with van der Waals surface area (Å²) in [5.41, 5.74) is 4.74. The minimum Gasteiger partial charge on any atom is -0.507 e. The summed E-state index contributed by atoms with van der Waals surface area (Å²) in [4.78, 5) is 24.0. The van der Waals surface area contributed by atoms with Crippen molar-refractivity contribution in [2.45, 2.75) is 87.4 Å². The third kappa shape index (κ3) is 9.02. The summed E-state index contributed by atoms with van der Waals surface area (Å²) in [6, 6.07) is 7.26. The summed E-state index contributed by atoms with van der Waals surface area (Å²) in [7, 11) is 0. The van der Waals surface area contributed by atoms with Crippen molar-refractivity contribution in [3.8, 4) is 11.5 Å². The summed E-state index contributed by atoms with van der Waals surface area (Å²) in [6.07, 6.45) is 1.59. The van der Waals surface area contributed by atoms with Crippen molar-refractivity contribution in [1.82, 2.24) is 0 Å². The fraction of sp³-hybridized carbons (Fsp3) is 0.455. The van der Waals surface area contributed by atoms with Crippen LogP contribution in [0.2, 0.25) is 0 Å². The summed E-state index contributed by atoms with van der Waals surface area (Å²) < 4.78 is 10.8. The van der Waals surface area contributed by atoms with Gasteiger partial charge in [-0.15, -0.1) is 0 Å². The number of aromatic hydroxyl groups is 2.